The molecule has 0 spiro atoms. The van der Waals surface area contributed by atoms with Crippen LogP contribution in [0.15, 0.2) is 30.3 Å². The van der Waals surface area contributed by atoms with E-state index in [1.807, 2.05) is 30.3 Å². The van der Waals surface area contributed by atoms with Crippen LogP contribution in [0.4, 0.5) is 5.69 Å². The molecule has 1 heterocycles. The van der Waals surface area contributed by atoms with Crippen molar-refractivity contribution in [2.45, 2.75) is 31.7 Å². The standard InChI is InChI=1S/C15H21NO4S/c17-15(18)9-4-10-16(13-6-2-1-3-7-13)14-8-5-11-21(19,20)12-14/h1-3,6-7,14H,4-5,8-12H2,(H,17,18). The third kappa shape index (κ3) is 4.74. The highest BCUT2D eigenvalue weighted by molar-refractivity contribution is 7.91. The first-order valence-corrected chi connectivity index (χ1v) is 9.04. The molecule has 2 rings (SSSR count). The van der Waals surface area contributed by atoms with Crippen LogP contribution in [0.1, 0.15) is 25.7 Å². The zero-order valence-corrected chi connectivity index (χ0v) is 12.8. The van der Waals surface area contributed by atoms with Crippen molar-refractivity contribution in [3.8, 4) is 0 Å². The molecule has 1 unspecified atom stereocenters. The molecule has 0 bridgehead atoms. The van der Waals surface area contributed by atoms with E-state index in [4.69, 9.17) is 5.11 Å². The summed E-state index contributed by atoms with van der Waals surface area (Å²) < 4.78 is 23.7. The van der Waals surface area contributed by atoms with Gasteiger partial charge in [0.15, 0.2) is 9.84 Å². The number of sulfone groups is 1. The Balaban J connectivity index is 2.13. The van der Waals surface area contributed by atoms with Crippen LogP contribution in [0.3, 0.4) is 0 Å². The lowest BCUT2D eigenvalue weighted by Gasteiger charge is -2.36. The molecule has 116 valence electrons. The zero-order valence-electron chi connectivity index (χ0n) is 11.9. The molecular formula is C15H21NO4S. The van der Waals surface area contributed by atoms with Crippen LogP contribution in [-0.4, -0.2) is 43.6 Å². The Morgan fingerprint density at radius 1 is 1.29 bits per heavy atom. The maximum absolute atomic E-state index is 11.9. The normalized spacial score (nSPS) is 20.9. The van der Waals surface area contributed by atoms with Crippen molar-refractivity contribution < 1.29 is 18.3 Å². The number of nitrogens with zero attached hydrogens (tertiary/aromatic N) is 1. The number of hydrogen-bond donors (Lipinski definition) is 1. The second kappa shape index (κ2) is 6.93. The summed E-state index contributed by atoms with van der Waals surface area (Å²) in [7, 11) is -2.98. The van der Waals surface area contributed by atoms with Crippen molar-refractivity contribution in [2.75, 3.05) is 23.0 Å². The van der Waals surface area contributed by atoms with Gasteiger partial charge < -0.3 is 10.0 Å². The van der Waals surface area contributed by atoms with Gasteiger partial charge in [0, 0.05) is 24.7 Å². The summed E-state index contributed by atoms with van der Waals surface area (Å²) in [4.78, 5) is 12.7. The van der Waals surface area contributed by atoms with Gasteiger partial charge in [0.05, 0.1) is 11.5 Å². The number of anilines is 1. The summed E-state index contributed by atoms with van der Waals surface area (Å²) >= 11 is 0. The summed E-state index contributed by atoms with van der Waals surface area (Å²) in [5.41, 5.74) is 0.963. The molecule has 0 amide bonds. The molecule has 5 nitrogen and oxygen atoms in total. The molecule has 0 saturated carbocycles. The fourth-order valence-electron chi connectivity index (χ4n) is 2.79. The first kappa shape index (κ1) is 15.8. The number of hydrogen-bond acceptors (Lipinski definition) is 4. The van der Waals surface area contributed by atoms with E-state index in [-0.39, 0.29) is 24.0 Å². The average Bonchev–Trinajstić information content (AvgIpc) is 2.43. The Bertz CT molecular complexity index is 571. The van der Waals surface area contributed by atoms with Gasteiger partial charge >= 0.3 is 5.97 Å². The number of para-hydroxylation sites is 1. The Labute approximate surface area is 125 Å². The van der Waals surface area contributed by atoms with Gasteiger partial charge in [-0.1, -0.05) is 18.2 Å². The second-order valence-corrected chi connectivity index (χ2v) is 7.67. The Morgan fingerprint density at radius 2 is 2.00 bits per heavy atom. The Hall–Kier alpha value is -1.56. The number of aliphatic carboxylic acids is 1. The molecule has 0 radical (unpaired) electrons. The van der Waals surface area contributed by atoms with Crippen LogP contribution in [0, 0.1) is 0 Å². The molecule has 21 heavy (non-hydrogen) atoms. The molecule has 1 N–H and O–H groups in total. The highest BCUT2D eigenvalue weighted by Gasteiger charge is 2.29. The molecule has 1 fully saturated rings. The first-order valence-electron chi connectivity index (χ1n) is 7.22. The molecule has 0 aromatic heterocycles. The fourth-order valence-corrected chi connectivity index (χ4v) is 4.49. The van der Waals surface area contributed by atoms with Crippen LogP contribution < -0.4 is 4.90 Å². The van der Waals surface area contributed by atoms with Gasteiger partial charge in [-0.15, -0.1) is 0 Å². The van der Waals surface area contributed by atoms with E-state index < -0.39 is 15.8 Å². The molecule has 1 aliphatic heterocycles. The van der Waals surface area contributed by atoms with Gasteiger partial charge in [0.25, 0.3) is 0 Å². The second-order valence-electron chi connectivity index (χ2n) is 5.44. The van der Waals surface area contributed by atoms with E-state index in [0.717, 1.165) is 12.1 Å². The van der Waals surface area contributed by atoms with Gasteiger partial charge in [-0.2, -0.15) is 0 Å². The van der Waals surface area contributed by atoms with Crippen LogP contribution in [-0.2, 0) is 14.6 Å². The van der Waals surface area contributed by atoms with Crippen LogP contribution in [0.2, 0.25) is 0 Å². The maximum Gasteiger partial charge on any atom is 0.303 e. The number of carboxylic acids is 1. The quantitative estimate of drug-likeness (QED) is 0.869. The average molecular weight is 311 g/mol. The number of rotatable bonds is 6. The van der Waals surface area contributed by atoms with Crippen LogP contribution >= 0.6 is 0 Å². The summed E-state index contributed by atoms with van der Waals surface area (Å²) in [6, 6.07) is 9.58. The molecule has 1 aliphatic rings. The Kier molecular flexibility index (Phi) is 5.22. The topological polar surface area (TPSA) is 74.7 Å². The predicted octanol–water partition coefficient (Wildman–Crippen LogP) is 1.94. The smallest absolute Gasteiger partial charge is 0.303 e. The largest absolute Gasteiger partial charge is 0.481 e. The van der Waals surface area contributed by atoms with E-state index in [0.29, 0.717) is 19.4 Å². The number of carbonyl (C=O) groups is 1. The molecular weight excluding hydrogens is 290 g/mol. The molecule has 6 heteroatoms. The molecule has 1 atom stereocenters. The van der Waals surface area contributed by atoms with Crippen molar-refractivity contribution in [1.82, 2.24) is 0 Å². The van der Waals surface area contributed by atoms with Gasteiger partial charge in [-0.25, -0.2) is 8.42 Å². The van der Waals surface area contributed by atoms with Crippen LogP contribution in [0.5, 0.6) is 0 Å². The first-order chi connectivity index (χ1) is 9.98. The predicted molar refractivity (Wildman–Crippen MR) is 82.3 cm³/mol. The van der Waals surface area contributed by atoms with E-state index in [1.165, 1.54) is 0 Å². The van der Waals surface area contributed by atoms with Crippen LogP contribution in [0.25, 0.3) is 0 Å². The minimum atomic E-state index is -2.98. The summed E-state index contributed by atoms with van der Waals surface area (Å²) in [5.74, 6) is -0.393. The van der Waals surface area contributed by atoms with Gasteiger partial charge in [0.1, 0.15) is 0 Å². The SMILES string of the molecule is O=C(O)CCCN(c1ccccc1)C1CCCS(=O)(=O)C1. The van der Waals surface area contributed by atoms with E-state index >= 15 is 0 Å². The van der Waals surface area contributed by atoms with Crippen molar-refractivity contribution in [2.24, 2.45) is 0 Å². The molecule has 0 aliphatic carbocycles. The third-order valence-corrected chi connectivity index (χ3v) is 5.56. The molecule has 1 saturated heterocycles. The Morgan fingerprint density at radius 3 is 2.62 bits per heavy atom. The monoisotopic (exact) mass is 311 g/mol. The van der Waals surface area contributed by atoms with Gasteiger partial charge in [-0.05, 0) is 31.4 Å². The lowest BCUT2D eigenvalue weighted by molar-refractivity contribution is -0.137. The van der Waals surface area contributed by atoms with Gasteiger partial charge in [-0.3, -0.25) is 4.79 Å². The lowest BCUT2D eigenvalue weighted by atomic mass is 10.1. The highest BCUT2D eigenvalue weighted by atomic mass is 32.2. The number of benzene rings is 1. The van der Waals surface area contributed by atoms with Crippen molar-refractivity contribution in [1.29, 1.82) is 0 Å². The number of carboxylic acid groups (broad SMARTS) is 1. The van der Waals surface area contributed by atoms with Crippen molar-refractivity contribution >= 4 is 21.5 Å². The minimum Gasteiger partial charge on any atom is -0.481 e. The lowest BCUT2D eigenvalue weighted by Crippen LogP contribution is -2.44. The van der Waals surface area contributed by atoms with Crippen molar-refractivity contribution in [3.05, 3.63) is 30.3 Å². The van der Waals surface area contributed by atoms with E-state index in [1.54, 1.807) is 0 Å². The fraction of sp³-hybridized carbons (Fsp3) is 0.533. The molecule has 1 aromatic carbocycles. The van der Waals surface area contributed by atoms with E-state index in [9.17, 15) is 13.2 Å². The van der Waals surface area contributed by atoms with Gasteiger partial charge in [0.2, 0.25) is 0 Å². The van der Waals surface area contributed by atoms with E-state index in [2.05, 4.69) is 4.90 Å². The highest BCUT2D eigenvalue weighted by Crippen LogP contribution is 2.24. The summed E-state index contributed by atoms with van der Waals surface area (Å²) in [6.45, 7) is 0.566. The maximum atomic E-state index is 11.9. The third-order valence-electron chi connectivity index (χ3n) is 3.76. The summed E-state index contributed by atoms with van der Waals surface area (Å²) in [5, 5.41) is 8.78. The molecule has 1 aromatic rings. The summed E-state index contributed by atoms with van der Waals surface area (Å²) in [6.07, 6.45) is 2.13. The van der Waals surface area contributed by atoms with Crippen molar-refractivity contribution in [3.63, 3.8) is 0 Å². The zero-order chi connectivity index (χ0) is 15.3. The minimum absolute atomic E-state index is 0.0556.